The Hall–Kier alpha value is -0.600. The Morgan fingerprint density at radius 2 is 1.71 bits per heavy atom. The van der Waals surface area contributed by atoms with Gasteiger partial charge in [0.15, 0.2) is 0 Å². The highest BCUT2D eigenvalue weighted by Gasteiger charge is 2.07. The summed E-state index contributed by atoms with van der Waals surface area (Å²) in [5.74, 6) is 0.638. The van der Waals surface area contributed by atoms with Crippen molar-refractivity contribution in [1.82, 2.24) is 5.43 Å². The predicted molar refractivity (Wildman–Crippen MR) is 61.0 cm³/mol. The van der Waals surface area contributed by atoms with Gasteiger partial charge in [-0.05, 0) is 18.8 Å². The second-order valence-electron chi connectivity index (χ2n) is 3.96. The summed E-state index contributed by atoms with van der Waals surface area (Å²) >= 11 is 0. The molecule has 0 aromatic carbocycles. The minimum absolute atomic E-state index is 0.638. The van der Waals surface area contributed by atoms with Crippen LogP contribution in [-0.2, 0) is 0 Å². The molecule has 0 rings (SSSR count). The van der Waals surface area contributed by atoms with Gasteiger partial charge in [0, 0.05) is 11.8 Å². The van der Waals surface area contributed by atoms with Crippen molar-refractivity contribution in [3.05, 3.63) is 4.91 Å². The van der Waals surface area contributed by atoms with Crippen LogP contribution in [0.5, 0.6) is 0 Å². The van der Waals surface area contributed by atoms with Crippen LogP contribution in [-0.4, -0.2) is 6.54 Å². The molecule has 0 saturated carbocycles. The molecule has 0 fully saturated rings. The van der Waals surface area contributed by atoms with E-state index in [-0.39, 0.29) is 0 Å². The lowest BCUT2D eigenvalue weighted by atomic mass is 9.96. The Labute approximate surface area is 87.6 Å². The summed E-state index contributed by atoms with van der Waals surface area (Å²) in [4.78, 5) is 9.95. The van der Waals surface area contributed by atoms with E-state index in [0.717, 1.165) is 6.54 Å². The maximum absolute atomic E-state index is 9.95. The van der Waals surface area contributed by atoms with Crippen molar-refractivity contribution in [2.45, 2.75) is 58.8 Å². The van der Waals surface area contributed by atoms with Crippen LogP contribution in [0.15, 0.2) is 5.29 Å². The Morgan fingerprint density at radius 1 is 1.07 bits per heavy atom. The Balaban J connectivity index is 3.54. The molecule has 0 heterocycles. The summed E-state index contributed by atoms with van der Waals surface area (Å²) in [6, 6.07) is 0. The van der Waals surface area contributed by atoms with Gasteiger partial charge in [0.2, 0.25) is 0 Å². The van der Waals surface area contributed by atoms with Gasteiger partial charge in [0.25, 0.3) is 0 Å². The zero-order valence-electron chi connectivity index (χ0n) is 9.59. The number of unbranched alkanes of at least 4 members (excludes halogenated alkanes) is 3. The normalized spacial score (nSPS) is 12.4. The van der Waals surface area contributed by atoms with Crippen molar-refractivity contribution < 1.29 is 0 Å². The Kier molecular flexibility index (Phi) is 10.0. The van der Waals surface area contributed by atoms with Crippen molar-refractivity contribution in [3.8, 4) is 0 Å². The summed E-state index contributed by atoms with van der Waals surface area (Å²) in [5.41, 5.74) is 2.55. The van der Waals surface area contributed by atoms with Gasteiger partial charge in [0.05, 0.1) is 0 Å². The van der Waals surface area contributed by atoms with Crippen LogP contribution in [0.1, 0.15) is 58.8 Å². The fraction of sp³-hybridized carbons (Fsp3) is 1.00. The Bertz CT molecular complexity index is 128. The summed E-state index contributed by atoms with van der Waals surface area (Å²) < 4.78 is 0. The van der Waals surface area contributed by atoms with Crippen LogP contribution >= 0.6 is 0 Å². The average molecular weight is 200 g/mol. The van der Waals surface area contributed by atoms with E-state index in [1.807, 2.05) is 0 Å². The predicted octanol–water partition coefficient (Wildman–Crippen LogP) is 3.64. The molecule has 0 amide bonds. The first kappa shape index (κ1) is 13.4. The van der Waals surface area contributed by atoms with Crippen molar-refractivity contribution in [2.75, 3.05) is 6.54 Å². The SMILES string of the molecule is CCCCCC(CCCC)CNN=O. The molecule has 1 unspecified atom stereocenters. The minimum atomic E-state index is 0.638. The van der Waals surface area contributed by atoms with Crippen LogP contribution in [0.4, 0.5) is 0 Å². The molecule has 0 saturated heterocycles. The van der Waals surface area contributed by atoms with E-state index in [9.17, 15) is 4.91 Å². The number of nitrogens with zero attached hydrogens (tertiary/aromatic N) is 1. The number of hydrogen-bond donors (Lipinski definition) is 1. The first-order valence-electron chi connectivity index (χ1n) is 5.90. The lowest BCUT2D eigenvalue weighted by molar-refractivity contribution is 0.394. The number of rotatable bonds is 10. The van der Waals surface area contributed by atoms with Crippen LogP contribution in [0.2, 0.25) is 0 Å². The van der Waals surface area contributed by atoms with Crippen molar-refractivity contribution >= 4 is 0 Å². The first-order valence-corrected chi connectivity index (χ1v) is 5.90. The third-order valence-corrected chi connectivity index (χ3v) is 2.63. The number of hydrogen-bond acceptors (Lipinski definition) is 2. The molecule has 1 atom stereocenters. The molecular formula is C11H24N2O. The topological polar surface area (TPSA) is 41.5 Å². The highest BCUT2D eigenvalue weighted by atomic mass is 16.3. The van der Waals surface area contributed by atoms with E-state index in [4.69, 9.17) is 0 Å². The second kappa shape index (κ2) is 10.5. The maximum atomic E-state index is 9.95. The lowest BCUT2D eigenvalue weighted by Gasteiger charge is -2.14. The molecule has 14 heavy (non-hydrogen) atoms. The van der Waals surface area contributed by atoms with E-state index in [1.165, 1.54) is 44.9 Å². The largest absolute Gasteiger partial charge is 0.274 e. The molecule has 0 aliphatic carbocycles. The second-order valence-corrected chi connectivity index (χ2v) is 3.96. The van der Waals surface area contributed by atoms with Crippen LogP contribution in [0.25, 0.3) is 0 Å². The fourth-order valence-corrected chi connectivity index (χ4v) is 1.69. The molecule has 3 nitrogen and oxygen atoms in total. The first-order chi connectivity index (χ1) is 6.85. The van der Waals surface area contributed by atoms with Gasteiger partial charge in [-0.1, -0.05) is 46.0 Å². The minimum Gasteiger partial charge on any atom is -0.274 e. The zero-order chi connectivity index (χ0) is 10.6. The summed E-state index contributed by atoms with van der Waals surface area (Å²) in [6.45, 7) is 5.17. The zero-order valence-corrected chi connectivity index (χ0v) is 9.59. The standard InChI is InChI=1S/C11H24N2O/c1-3-5-7-9-11(8-6-4-2)10-12-13-14/h11H,3-10H2,1-2H3,(H,12,14). The third kappa shape index (κ3) is 8.02. The van der Waals surface area contributed by atoms with Gasteiger partial charge >= 0.3 is 0 Å². The van der Waals surface area contributed by atoms with Crippen LogP contribution in [0, 0.1) is 10.8 Å². The van der Waals surface area contributed by atoms with Crippen molar-refractivity contribution in [1.29, 1.82) is 0 Å². The average Bonchev–Trinajstić information content (AvgIpc) is 2.21. The molecule has 84 valence electrons. The third-order valence-electron chi connectivity index (χ3n) is 2.63. The fourth-order valence-electron chi connectivity index (χ4n) is 1.69. The summed E-state index contributed by atoms with van der Waals surface area (Å²) in [6.07, 6.45) is 8.80. The molecule has 3 heteroatoms. The highest BCUT2D eigenvalue weighted by Crippen LogP contribution is 2.15. The lowest BCUT2D eigenvalue weighted by Crippen LogP contribution is -2.17. The van der Waals surface area contributed by atoms with Crippen molar-refractivity contribution in [3.63, 3.8) is 0 Å². The maximum Gasteiger partial charge on any atom is 0.0496 e. The molecule has 0 bridgehead atoms. The van der Waals surface area contributed by atoms with Crippen molar-refractivity contribution in [2.24, 2.45) is 11.2 Å². The van der Waals surface area contributed by atoms with E-state index in [0.29, 0.717) is 5.92 Å². The number of nitroso groups, excluding NO2 is 1. The summed E-state index contributed by atoms with van der Waals surface area (Å²) in [5, 5.41) is 2.71. The molecule has 1 N–H and O–H groups in total. The van der Waals surface area contributed by atoms with Gasteiger partial charge in [-0.3, -0.25) is 5.43 Å². The smallest absolute Gasteiger partial charge is 0.0496 e. The Morgan fingerprint density at radius 3 is 2.29 bits per heavy atom. The molecule has 0 radical (unpaired) electrons. The molecule has 0 aromatic rings. The van der Waals surface area contributed by atoms with Gasteiger partial charge in [-0.15, -0.1) is 4.91 Å². The van der Waals surface area contributed by atoms with Crippen LogP contribution in [0.3, 0.4) is 0 Å². The van der Waals surface area contributed by atoms with Crippen LogP contribution < -0.4 is 5.43 Å². The highest BCUT2D eigenvalue weighted by molar-refractivity contribution is 4.61. The molecule has 0 aliphatic heterocycles. The van der Waals surface area contributed by atoms with E-state index in [2.05, 4.69) is 24.6 Å². The molecular weight excluding hydrogens is 176 g/mol. The van der Waals surface area contributed by atoms with Gasteiger partial charge in [-0.2, -0.15) is 0 Å². The van der Waals surface area contributed by atoms with E-state index in [1.54, 1.807) is 0 Å². The van der Waals surface area contributed by atoms with Gasteiger partial charge in [-0.25, -0.2) is 0 Å². The molecule has 0 aromatic heterocycles. The molecule has 0 spiro atoms. The number of nitrogens with one attached hydrogen (secondary N) is 1. The van der Waals surface area contributed by atoms with E-state index >= 15 is 0 Å². The molecule has 0 aliphatic rings. The summed E-state index contributed by atoms with van der Waals surface area (Å²) in [7, 11) is 0. The van der Waals surface area contributed by atoms with Gasteiger partial charge < -0.3 is 0 Å². The quantitative estimate of drug-likeness (QED) is 0.332. The van der Waals surface area contributed by atoms with E-state index < -0.39 is 0 Å². The monoisotopic (exact) mass is 200 g/mol. The van der Waals surface area contributed by atoms with Gasteiger partial charge in [0.1, 0.15) is 0 Å².